The molecule has 0 fully saturated rings. The molecular weight excluding hydrogens is 498 g/mol. The van der Waals surface area contributed by atoms with Crippen molar-refractivity contribution in [1.82, 2.24) is 25.9 Å². The standard InChI is InChI=1S/C20H31N7O8S/c1-36-5-4-11(21)17(31)25-12(2-3-15(22)28)18(32)26-13(7-16(29)30)19(33)27-14(20(34)35)6-10-8-23-9-24-10/h8-9,11-14H,2-7,21H2,1H3,(H2,22,28)(H,23,24)(H,25,31)(H,26,32)(H,27,33)(H,29,30)(H,34,35). The van der Waals surface area contributed by atoms with Gasteiger partial charge in [0.05, 0.1) is 18.8 Å². The average molecular weight is 530 g/mol. The van der Waals surface area contributed by atoms with E-state index < -0.39 is 66.2 Å². The lowest BCUT2D eigenvalue weighted by Crippen LogP contribution is -2.57. The molecule has 1 aromatic heterocycles. The first-order chi connectivity index (χ1) is 16.9. The van der Waals surface area contributed by atoms with Crippen LogP contribution in [-0.4, -0.2) is 91.9 Å². The van der Waals surface area contributed by atoms with Crippen LogP contribution in [0.15, 0.2) is 12.5 Å². The fraction of sp³-hybridized carbons (Fsp3) is 0.550. The molecule has 1 heterocycles. The molecule has 4 atom stereocenters. The molecular formula is C20H31N7O8S. The van der Waals surface area contributed by atoms with Gasteiger partial charge in [0.25, 0.3) is 0 Å². The highest BCUT2D eigenvalue weighted by Crippen LogP contribution is 2.05. The van der Waals surface area contributed by atoms with Crippen LogP contribution in [0.25, 0.3) is 0 Å². The van der Waals surface area contributed by atoms with Gasteiger partial charge in [-0.05, 0) is 24.9 Å². The molecule has 0 aliphatic heterocycles. The van der Waals surface area contributed by atoms with Gasteiger partial charge in [-0.2, -0.15) is 11.8 Å². The Bertz CT molecular complexity index is 927. The van der Waals surface area contributed by atoms with Crippen molar-refractivity contribution in [2.24, 2.45) is 11.5 Å². The van der Waals surface area contributed by atoms with Crippen LogP contribution in [0, 0.1) is 0 Å². The molecule has 0 radical (unpaired) electrons. The normalized spacial score (nSPS) is 14.1. The first-order valence-electron chi connectivity index (χ1n) is 10.8. The Kier molecular flexibility index (Phi) is 13.0. The number of rotatable bonds is 17. The summed E-state index contributed by atoms with van der Waals surface area (Å²) in [6.07, 6.45) is 3.23. The van der Waals surface area contributed by atoms with Gasteiger partial charge in [0, 0.05) is 24.7 Å². The van der Waals surface area contributed by atoms with E-state index in [1.807, 2.05) is 6.26 Å². The number of aliphatic carboxylic acids is 2. The van der Waals surface area contributed by atoms with E-state index in [0.717, 1.165) is 0 Å². The summed E-state index contributed by atoms with van der Waals surface area (Å²) in [6.45, 7) is 0. The van der Waals surface area contributed by atoms with Gasteiger partial charge < -0.3 is 42.6 Å². The fourth-order valence-corrected chi connectivity index (χ4v) is 3.44. The second kappa shape index (κ2) is 15.4. The number of primary amides is 1. The molecule has 4 amide bonds. The number of nitrogens with one attached hydrogen (secondary N) is 4. The molecule has 10 N–H and O–H groups in total. The van der Waals surface area contributed by atoms with Gasteiger partial charge in [-0.25, -0.2) is 9.78 Å². The number of aromatic amines is 1. The number of carbonyl (C=O) groups is 6. The Morgan fingerprint density at radius 2 is 1.61 bits per heavy atom. The van der Waals surface area contributed by atoms with Crippen LogP contribution in [0.3, 0.4) is 0 Å². The van der Waals surface area contributed by atoms with Crippen LogP contribution in [-0.2, 0) is 35.2 Å². The van der Waals surface area contributed by atoms with Gasteiger partial charge in [-0.3, -0.25) is 24.0 Å². The maximum absolute atomic E-state index is 12.9. The smallest absolute Gasteiger partial charge is 0.326 e. The van der Waals surface area contributed by atoms with Crippen LogP contribution >= 0.6 is 11.8 Å². The SMILES string of the molecule is CSCCC(N)C(=O)NC(CCC(N)=O)C(=O)NC(CC(=O)O)C(=O)NC(Cc1cnc[nH]1)C(=O)O. The molecule has 1 aromatic rings. The van der Waals surface area contributed by atoms with Crippen molar-refractivity contribution < 1.29 is 39.0 Å². The minimum atomic E-state index is -1.68. The van der Waals surface area contributed by atoms with E-state index in [-0.39, 0.29) is 19.3 Å². The number of carbonyl (C=O) groups excluding carboxylic acids is 4. The number of nitrogens with zero attached hydrogens (tertiary/aromatic N) is 1. The number of carboxylic acids is 2. The summed E-state index contributed by atoms with van der Waals surface area (Å²) in [7, 11) is 0. The Balaban J connectivity index is 2.99. The maximum Gasteiger partial charge on any atom is 0.326 e. The quantitative estimate of drug-likeness (QED) is 0.103. The van der Waals surface area contributed by atoms with E-state index in [1.54, 1.807) is 0 Å². The van der Waals surface area contributed by atoms with Crippen LogP contribution in [0.4, 0.5) is 0 Å². The summed E-state index contributed by atoms with van der Waals surface area (Å²) < 4.78 is 0. The number of aromatic nitrogens is 2. The number of hydrogen-bond acceptors (Lipinski definition) is 9. The highest BCUT2D eigenvalue weighted by molar-refractivity contribution is 7.98. The van der Waals surface area contributed by atoms with Gasteiger partial charge in [-0.15, -0.1) is 0 Å². The number of hydrogen-bond donors (Lipinski definition) is 8. The predicted molar refractivity (Wildman–Crippen MR) is 127 cm³/mol. The van der Waals surface area contributed by atoms with Crippen molar-refractivity contribution in [3.05, 3.63) is 18.2 Å². The molecule has 0 saturated heterocycles. The third kappa shape index (κ3) is 11.2. The van der Waals surface area contributed by atoms with Crippen LogP contribution in [0.5, 0.6) is 0 Å². The molecule has 0 spiro atoms. The van der Waals surface area contributed by atoms with Crippen molar-refractivity contribution in [3.63, 3.8) is 0 Å². The summed E-state index contributed by atoms with van der Waals surface area (Å²) in [4.78, 5) is 78.6. The summed E-state index contributed by atoms with van der Waals surface area (Å²) in [6, 6.07) is -5.43. The van der Waals surface area contributed by atoms with E-state index in [2.05, 4.69) is 25.9 Å². The molecule has 200 valence electrons. The lowest BCUT2D eigenvalue weighted by Gasteiger charge is -2.24. The molecule has 4 unspecified atom stereocenters. The summed E-state index contributed by atoms with van der Waals surface area (Å²) in [5.74, 6) is -5.75. The number of imidazole rings is 1. The molecule has 0 saturated carbocycles. The second-order valence-corrected chi connectivity index (χ2v) is 8.78. The van der Waals surface area contributed by atoms with Gasteiger partial charge >= 0.3 is 11.9 Å². The van der Waals surface area contributed by atoms with E-state index >= 15 is 0 Å². The molecule has 16 heteroatoms. The van der Waals surface area contributed by atoms with E-state index in [9.17, 15) is 39.0 Å². The van der Waals surface area contributed by atoms with Gasteiger partial charge in [0.15, 0.2) is 0 Å². The zero-order valence-corrected chi connectivity index (χ0v) is 20.4. The Morgan fingerprint density at radius 1 is 1.00 bits per heavy atom. The number of thioether (sulfide) groups is 1. The zero-order valence-electron chi connectivity index (χ0n) is 19.6. The van der Waals surface area contributed by atoms with Gasteiger partial charge in [0.1, 0.15) is 18.1 Å². The van der Waals surface area contributed by atoms with E-state index in [1.165, 1.54) is 24.3 Å². The molecule has 0 aliphatic rings. The van der Waals surface area contributed by atoms with Gasteiger partial charge in [-0.1, -0.05) is 0 Å². The van der Waals surface area contributed by atoms with Crippen molar-refractivity contribution in [2.45, 2.75) is 56.3 Å². The van der Waals surface area contributed by atoms with Crippen molar-refractivity contribution in [2.75, 3.05) is 12.0 Å². The lowest BCUT2D eigenvalue weighted by atomic mass is 10.1. The molecule has 0 aliphatic carbocycles. The summed E-state index contributed by atoms with van der Waals surface area (Å²) in [5.41, 5.74) is 11.3. The third-order valence-corrected chi connectivity index (χ3v) is 5.53. The predicted octanol–water partition coefficient (Wildman–Crippen LogP) is -2.69. The lowest BCUT2D eigenvalue weighted by molar-refractivity contribution is -0.143. The maximum atomic E-state index is 12.9. The first kappa shape index (κ1) is 30.4. The Morgan fingerprint density at radius 3 is 2.14 bits per heavy atom. The number of H-pyrrole nitrogens is 1. The molecule has 0 bridgehead atoms. The van der Waals surface area contributed by atoms with Crippen molar-refractivity contribution in [1.29, 1.82) is 0 Å². The fourth-order valence-electron chi connectivity index (χ4n) is 2.95. The van der Waals surface area contributed by atoms with Crippen LogP contribution in [0.1, 0.15) is 31.4 Å². The largest absolute Gasteiger partial charge is 0.481 e. The zero-order chi connectivity index (χ0) is 27.3. The summed E-state index contributed by atoms with van der Waals surface area (Å²) in [5, 5.41) is 25.4. The number of nitrogens with two attached hydrogens (primary N) is 2. The van der Waals surface area contributed by atoms with E-state index in [0.29, 0.717) is 17.9 Å². The topological polar surface area (TPSA) is 260 Å². The second-order valence-electron chi connectivity index (χ2n) is 7.79. The van der Waals surface area contributed by atoms with Crippen LogP contribution < -0.4 is 27.4 Å². The molecule has 36 heavy (non-hydrogen) atoms. The molecule has 0 aromatic carbocycles. The molecule has 15 nitrogen and oxygen atoms in total. The Labute approximate surface area is 210 Å². The first-order valence-corrected chi connectivity index (χ1v) is 12.2. The highest BCUT2D eigenvalue weighted by atomic mass is 32.2. The molecule has 1 rings (SSSR count). The monoisotopic (exact) mass is 529 g/mol. The van der Waals surface area contributed by atoms with Crippen molar-refractivity contribution in [3.8, 4) is 0 Å². The number of amides is 4. The Hall–Kier alpha value is -3.66. The van der Waals surface area contributed by atoms with E-state index in [4.69, 9.17) is 11.5 Å². The average Bonchev–Trinajstić information content (AvgIpc) is 3.31. The van der Waals surface area contributed by atoms with Crippen molar-refractivity contribution >= 4 is 47.3 Å². The van der Waals surface area contributed by atoms with Gasteiger partial charge in [0.2, 0.25) is 23.6 Å². The third-order valence-electron chi connectivity index (χ3n) is 4.89. The summed E-state index contributed by atoms with van der Waals surface area (Å²) >= 11 is 1.46. The highest BCUT2D eigenvalue weighted by Gasteiger charge is 2.32. The minimum absolute atomic E-state index is 0.181. The minimum Gasteiger partial charge on any atom is -0.481 e. The number of carboxylic acid groups (broad SMARTS) is 2. The van der Waals surface area contributed by atoms with Crippen LogP contribution in [0.2, 0.25) is 0 Å².